The van der Waals surface area contributed by atoms with E-state index in [0.29, 0.717) is 0 Å². The molecule has 0 saturated heterocycles. The molecule has 0 bridgehead atoms. The first-order valence-electron chi connectivity index (χ1n) is 10.6. The maximum atomic E-state index is 13.5. The van der Waals surface area contributed by atoms with Crippen LogP contribution in [0.5, 0.6) is 0 Å². The average molecular weight is 593 g/mol. The molecule has 2 rings (SSSR count). The molecule has 2 amide bonds. The minimum atomic E-state index is -3.87. The zero-order valence-corrected chi connectivity index (χ0v) is 23.3. The van der Waals surface area contributed by atoms with Crippen LogP contribution in [0.1, 0.15) is 32.8 Å². The Morgan fingerprint density at radius 1 is 1.06 bits per heavy atom. The van der Waals surface area contributed by atoms with E-state index in [9.17, 15) is 18.0 Å². The first-order chi connectivity index (χ1) is 15.8. The Bertz CT molecular complexity index is 1110. The van der Waals surface area contributed by atoms with Crippen molar-refractivity contribution < 1.29 is 18.0 Å². The molecule has 186 valence electrons. The number of hydrogen-bond donors (Lipinski definition) is 1. The second kappa shape index (κ2) is 12.2. The van der Waals surface area contributed by atoms with Gasteiger partial charge >= 0.3 is 0 Å². The van der Waals surface area contributed by atoms with Crippen LogP contribution in [0.3, 0.4) is 0 Å². The van der Waals surface area contributed by atoms with Gasteiger partial charge in [0.2, 0.25) is 21.8 Å². The first-order valence-corrected chi connectivity index (χ1v) is 14.0. The molecular weight excluding hydrogens is 565 g/mol. The van der Waals surface area contributed by atoms with Gasteiger partial charge in [-0.15, -0.1) is 0 Å². The Morgan fingerprint density at radius 2 is 1.62 bits per heavy atom. The summed E-state index contributed by atoms with van der Waals surface area (Å²) >= 11 is 15.5. The van der Waals surface area contributed by atoms with Crippen LogP contribution in [0.2, 0.25) is 10.0 Å². The van der Waals surface area contributed by atoms with E-state index in [1.807, 2.05) is 38.1 Å². The Hall–Kier alpha value is -1.81. The molecule has 0 radical (unpaired) electrons. The van der Waals surface area contributed by atoms with Gasteiger partial charge in [0.1, 0.15) is 12.6 Å². The number of hydrogen-bond acceptors (Lipinski definition) is 4. The molecular formula is C23H28BrCl2N3O4S. The Kier molecular flexibility index (Phi) is 10.2. The molecule has 2 aromatic carbocycles. The third kappa shape index (κ3) is 8.15. The Labute approximate surface area is 219 Å². The standard InChI is InChI=1S/C23H28BrCl2N3O4S/c1-5-15(2)27-23(31)16(3)28(13-17-6-8-18(24)9-7-17)22(30)14-29(34(4,32)33)21-11-19(25)10-20(26)12-21/h6-12,15-16H,5,13-14H2,1-4H3,(H,27,31)/t15-,16+/m0/s1. The summed E-state index contributed by atoms with van der Waals surface area (Å²) in [5, 5.41) is 3.35. The van der Waals surface area contributed by atoms with Gasteiger partial charge in [-0.05, 0) is 56.2 Å². The lowest BCUT2D eigenvalue weighted by atomic mass is 10.1. The summed E-state index contributed by atoms with van der Waals surface area (Å²) in [5.41, 5.74) is 0.949. The van der Waals surface area contributed by atoms with Gasteiger partial charge in [-0.2, -0.15) is 0 Å². The molecule has 0 unspecified atom stereocenters. The number of amides is 2. The van der Waals surface area contributed by atoms with Gasteiger partial charge < -0.3 is 10.2 Å². The number of nitrogens with one attached hydrogen (secondary N) is 1. The summed E-state index contributed by atoms with van der Waals surface area (Å²) in [7, 11) is -3.87. The van der Waals surface area contributed by atoms with E-state index < -0.39 is 28.5 Å². The fourth-order valence-electron chi connectivity index (χ4n) is 3.13. The van der Waals surface area contributed by atoms with E-state index in [2.05, 4.69) is 21.2 Å². The van der Waals surface area contributed by atoms with Crippen molar-refractivity contribution in [1.82, 2.24) is 10.2 Å². The summed E-state index contributed by atoms with van der Waals surface area (Å²) in [5.74, 6) is -0.868. The van der Waals surface area contributed by atoms with Crippen LogP contribution in [0.15, 0.2) is 46.9 Å². The highest BCUT2D eigenvalue weighted by atomic mass is 79.9. The molecule has 0 aromatic heterocycles. The van der Waals surface area contributed by atoms with E-state index in [-0.39, 0.29) is 34.2 Å². The van der Waals surface area contributed by atoms with E-state index in [0.717, 1.165) is 27.0 Å². The Morgan fingerprint density at radius 3 is 2.12 bits per heavy atom. The minimum absolute atomic E-state index is 0.0688. The van der Waals surface area contributed by atoms with E-state index in [1.165, 1.54) is 23.1 Å². The number of rotatable bonds is 10. The predicted octanol–water partition coefficient (Wildman–Crippen LogP) is 4.85. The zero-order valence-electron chi connectivity index (χ0n) is 19.4. The molecule has 2 aromatic rings. The average Bonchev–Trinajstić information content (AvgIpc) is 2.74. The van der Waals surface area contributed by atoms with Gasteiger partial charge in [-0.3, -0.25) is 13.9 Å². The number of sulfonamides is 1. The first kappa shape index (κ1) is 28.4. The van der Waals surface area contributed by atoms with Crippen LogP contribution < -0.4 is 9.62 Å². The highest BCUT2D eigenvalue weighted by molar-refractivity contribution is 9.10. The van der Waals surface area contributed by atoms with Crippen LogP contribution in [0.4, 0.5) is 5.69 Å². The van der Waals surface area contributed by atoms with Crippen molar-refractivity contribution >= 4 is 66.7 Å². The lowest BCUT2D eigenvalue weighted by Gasteiger charge is -2.32. The fourth-order valence-corrected chi connectivity index (χ4v) is 4.74. The monoisotopic (exact) mass is 591 g/mol. The number of benzene rings is 2. The SMILES string of the molecule is CC[C@H](C)NC(=O)[C@@H](C)N(Cc1ccc(Br)cc1)C(=O)CN(c1cc(Cl)cc(Cl)c1)S(C)(=O)=O. The summed E-state index contributed by atoms with van der Waals surface area (Å²) in [4.78, 5) is 27.7. The molecule has 34 heavy (non-hydrogen) atoms. The molecule has 1 N–H and O–H groups in total. The quantitative estimate of drug-likeness (QED) is 0.427. The number of nitrogens with zero attached hydrogens (tertiary/aromatic N) is 2. The summed E-state index contributed by atoms with van der Waals surface area (Å²) in [6.07, 6.45) is 1.73. The fraction of sp³-hybridized carbons (Fsp3) is 0.391. The second-order valence-electron chi connectivity index (χ2n) is 8.04. The molecule has 0 aliphatic carbocycles. The van der Waals surface area contributed by atoms with Crippen LogP contribution in [0, 0.1) is 0 Å². The predicted molar refractivity (Wildman–Crippen MR) is 141 cm³/mol. The van der Waals surface area contributed by atoms with Crippen molar-refractivity contribution in [3.8, 4) is 0 Å². The van der Waals surface area contributed by atoms with Crippen LogP contribution >= 0.6 is 39.1 Å². The molecule has 7 nitrogen and oxygen atoms in total. The van der Waals surface area contributed by atoms with Gasteiger partial charge in [0.15, 0.2) is 0 Å². The number of carbonyl (C=O) groups excluding carboxylic acids is 2. The number of anilines is 1. The van der Waals surface area contributed by atoms with Gasteiger partial charge in [-0.1, -0.05) is 58.2 Å². The van der Waals surface area contributed by atoms with Gasteiger partial charge in [-0.25, -0.2) is 8.42 Å². The van der Waals surface area contributed by atoms with Crippen molar-refractivity contribution in [2.24, 2.45) is 0 Å². The van der Waals surface area contributed by atoms with Crippen LogP contribution in [-0.2, 0) is 26.2 Å². The summed E-state index contributed by atoms with van der Waals surface area (Å²) < 4.78 is 27.0. The van der Waals surface area contributed by atoms with Gasteiger partial charge in [0.25, 0.3) is 0 Å². The van der Waals surface area contributed by atoms with Crippen LogP contribution in [-0.4, -0.2) is 50.0 Å². The van der Waals surface area contributed by atoms with E-state index in [4.69, 9.17) is 23.2 Å². The van der Waals surface area contributed by atoms with E-state index >= 15 is 0 Å². The van der Waals surface area contributed by atoms with Crippen LogP contribution in [0.25, 0.3) is 0 Å². The smallest absolute Gasteiger partial charge is 0.244 e. The topological polar surface area (TPSA) is 86.8 Å². The summed E-state index contributed by atoms with van der Waals surface area (Å²) in [6, 6.07) is 10.7. The van der Waals surface area contributed by atoms with Gasteiger partial charge in [0, 0.05) is 27.1 Å². The third-order valence-corrected chi connectivity index (χ3v) is 7.35. The molecule has 2 atom stereocenters. The highest BCUT2D eigenvalue weighted by Gasteiger charge is 2.30. The third-order valence-electron chi connectivity index (χ3n) is 5.25. The highest BCUT2D eigenvalue weighted by Crippen LogP contribution is 2.27. The Balaban J connectivity index is 2.41. The van der Waals surface area contributed by atoms with Crippen molar-refractivity contribution in [3.63, 3.8) is 0 Å². The summed E-state index contributed by atoms with van der Waals surface area (Å²) in [6.45, 7) is 5.04. The van der Waals surface area contributed by atoms with Crippen molar-refractivity contribution in [2.75, 3.05) is 17.1 Å². The van der Waals surface area contributed by atoms with Crippen molar-refractivity contribution in [1.29, 1.82) is 0 Å². The van der Waals surface area contributed by atoms with Gasteiger partial charge in [0.05, 0.1) is 11.9 Å². The maximum absolute atomic E-state index is 13.5. The minimum Gasteiger partial charge on any atom is -0.352 e. The molecule has 0 aliphatic rings. The molecule has 0 fully saturated rings. The number of carbonyl (C=O) groups is 2. The molecule has 0 saturated carbocycles. The lowest BCUT2D eigenvalue weighted by Crippen LogP contribution is -2.52. The zero-order chi connectivity index (χ0) is 25.6. The molecule has 0 aliphatic heterocycles. The largest absolute Gasteiger partial charge is 0.352 e. The lowest BCUT2D eigenvalue weighted by molar-refractivity contribution is -0.139. The van der Waals surface area contributed by atoms with E-state index in [1.54, 1.807) is 6.92 Å². The number of halogens is 3. The molecule has 0 spiro atoms. The maximum Gasteiger partial charge on any atom is 0.244 e. The second-order valence-corrected chi connectivity index (χ2v) is 11.7. The van der Waals surface area contributed by atoms with Crippen molar-refractivity contribution in [3.05, 3.63) is 62.5 Å². The molecule has 0 heterocycles. The normalized spacial score (nSPS) is 13.1. The molecule has 11 heteroatoms. The van der Waals surface area contributed by atoms with Crippen molar-refractivity contribution in [2.45, 2.75) is 45.8 Å².